The summed E-state index contributed by atoms with van der Waals surface area (Å²) in [5.41, 5.74) is 2.14. The fourth-order valence-electron chi connectivity index (χ4n) is 4.22. The number of pyridine rings is 1. The van der Waals surface area contributed by atoms with E-state index < -0.39 is 5.82 Å². The Morgan fingerprint density at radius 2 is 2.00 bits per heavy atom. The SMILES string of the molecule is CC(C)n1c(Nc2c(F)cccc2Cl)nc2cc(C(=O)NC3CCC(C)(C)CC3)cnc21. The van der Waals surface area contributed by atoms with E-state index in [0.717, 1.165) is 25.7 Å². The summed E-state index contributed by atoms with van der Waals surface area (Å²) in [4.78, 5) is 22.0. The van der Waals surface area contributed by atoms with Crippen LogP contribution in [0.1, 0.15) is 69.8 Å². The molecule has 0 atom stereocenters. The van der Waals surface area contributed by atoms with Gasteiger partial charge in [-0.3, -0.25) is 9.36 Å². The predicted octanol–water partition coefficient (Wildman–Crippen LogP) is 6.25. The lowest BCUT2D eigenvalue weighted by Gasteiger charge is -2.34. The summed E-state index contributed by atoms with van der Waals surface area (Å²) in [5.74, 6) is -0.194. The molecule has 2 N–H and O–H groups in total. The number of para-hydroxylation sites is 1. The van der Waals surface area contributed by atoms with E-state index in [-0.39, 0.29) is 28.7 Å². The summed E-state index contributed by atoms with van der Waals surface area (Å²) in [6.45, 7) is 8.52. The van der Waals surface area contributed by atoms with E-state index in [1.807, 2.05) is 18.4 Å². The van der Waals surface area contributed by atoms with Crippen molar-refractivity contribution in [2.75, 3.05) is 5.32 Å². The van der Waals surface area contributed by atoms with Crippen LogP contribution in [-0.2, 0) is 0 Å². The average Bonchev–Trinajstić information content (AvgIpc) is 3.09. The number of anilines is 2. The first-order valence-corrected chi connectivity index (χ1v) is 11.4. The second-order valence-corrected chi connectivity index (χ2v) is 10.0. The van der Waals surface area contributed by atoms with Gasteiger partial charge in [0.1, 0.15) is 11.3 Å². The Morgan fingerprint density at radius 1 is 1.28 bits per heavy atom. The maximum absolute atomic E-state index is 14.3. The zero-order chi connectivity index (χ0) is 23.0. The number of nitrogens with one attached hydrogen (secondary N) is 2. The Kier molecular flexibility index (Phi) is 6.12. The number of benzene rings is 1. The molecule has 1 aliphatic carbocycles. The standard InChI is InChI=1S/C24H29ClFN5O/c1-14(2)31-21-19(29-23(31)30-20-17(25)6-5-7-18(20)26)12-15(13-27-21)22(32)28-16-8-10-24(3,4)11-9-16/h5-7,12-14,16H,8-11H2,1-4H3,(H,28,32)(H,29,30). The summed E-state index contributed by atoms with van der Waals surface area (Å²) in [5, 5.41) is 6.41. The van der Waals surface area contributed by atoms with Crippen LogP contribution in [0.4, 0.5) is 16.0 Å². The first-order valence-electron chi connectivity index (χ1n) is 11.0. The van der Waals surface area contributed by atoms with Gasteiger partial charge in [0.15, 0.2) is 5.65 Å². The number of nitrogens with zero attached hydrogens (tertiary/aromatic N) is 3. The lowest BCUT2D eigenvalue weighted by Crippen LogP contribution is -2.39. The topological polar surface area (TPSA) is 71.8 Å². The van der Waals surface area contributed by atoms with Crippen LogP contribution >= 0.6 is 11.6 Å². The smallest absolute Gasteiger partial charge is 0.253 e. The highest BCUT2D eigenvalue weighted by Gasteiger charge is 2.28. The van der Waals surface area contributed by atoms with Gasteiger partial charge in [0.25, 0.3) is 5.91 Å². The normalized spacial score (nSPS) is 16.5. The fourth-order valence-corrected chi connectivity index (χ4v) is 4.44. The number of hydrogen-bond acceptors (Lipinski definition) is 4. The molecule has 0 aliphatic heterocycles. The molecular formula is C24H29ClFN5O. The lowest BCUT2D eigenvalue weighted by molar-refractivity contribution is 0.0909. The number of rotatable bonds is 5. The average molecular weight is 458 g/mol. The molecule has 0 bridgehead atoms. The Labute approximate surface area is 192 Å². The van der Waals surface area contributed by atoms with E-state index in [9.17, 15) is 9.18 Å². The number of imidazole rings is 1. The zero-order valence-corrected chi connectivity index (χ0v) is 19.6. The molecule has 1 amide bonds. The lowest BCUT2D eigenvalue weighted by atomic mass is 9.75. The second-order valence-electron chi connectivity index (χ2n) is 9.60. The van der Waals surface area contributed by atoms with Gasteiger partial charge in [-0.2, -0.15) is 0 Å². The molecule has 3 aromatic rings. The minimum Gasteiger partial charge on any atom is -0.349 e. The highest BCUT2D eigenvalue weighted by atomic mass is 35.5. The van der Waals surface area contributed by atoms with Gasteiger partial charge in [0.2, 0.25) is 5.95 Å². The maximum Gasteiger partial charge on any atom is 0.253 e. The molecule has 4 rings (SSSR count). The molecule has 0 spiro atoms. The van der Waals surface area contributed by atoms with Gasteiger partial charge >= 0.3 is 0 Å². The number of hydrogen-bond donors (Lipinski definition) is 2. The number of carbonyl (C=O) groups excluding carboxylic acids is 1. The van der Waals surface area contributed by atoms with Crippen LogP contribution in [0, 0.1) is 11.2 Å². The second kappa shape index (κ2) is 8.70. The maximum atomic E-state index is 14.3. The van der Waals surface area contributed by atoms with Crippen LogP contribution in [0.5, 0.6) is 0 Å². The van der Waals surface area contributed by atoms with Crippen molar-refractivity contribution in [2.24, 2.45) is 5.41 Å². The van der Waals surface area contributed by atoms with Crippen molar-refractivity contribution in [3.05, 3.63) is 46.9 Å². The summed E-state index contributed by atoms with van der Waals surface area (Å²) in [7, 11) is 0. The van der Waals surface area contributed by atoms with Crippen molar-refractivity contribution < 1.29 is 9.18 Å². The molecule has 0 saturated heterocycles. The summed E-state index contributed by atoms with van der Waals surface area (Å²) in [6.07, 6.45) is 5.73. The number of halogens is 2. The van der Waals surface area contributed by atoms with Crippen molar-refractivity contribution in [2.45, 2.75) is 65.5 Å². The van der Waals surface area contributed by atoms with Crippen LogP contribution < -0.4 is 10.6 Å². The van der Waals surface area contributed by atoms with Gasteiger partial charge in [0.05, 0.1) is 16.3 Å². The summed E-state index contributed by atoms with van der Waals surface area (Å²) >= 11 is 6.18. The monoisotopic (exact) mass is 457 g/mol. The first kappa shape index (κ1) is 22.5. The molecule has 170 valence electrons. The molecule has 1 fully saturated rings. The third kappa shape index (κ3) is 4.58. The largest absolute Gasteiger partial charge is 0.349 e. The van der Waals surface area contributed by atoms with Gasteiger partial charge in [-0.25, -0.2) is 14.4 Å². The Hall–Kier alpha value is -2.67. The van der Waals surface area contributed by atoms with Crippen molar-refractivity contribution in [1.29, 1.82) is 0 Å². The third-order valence-corrected chi connectivity index (χ3v) is 6.50. The van der Waals surface area contributed by atoms with Gasteiger partial charge in [-0.15, -0.1) is 0 Å². The summed E-state index contributed by atoms with van der Waals surface area (Å²) in [6, 6.07) is 6.42. The molecule has 0 radical (unpaired) electrons. The van der Waals surface area contributed by atoms with Crippen molar-refractivity contribution in [3.63, 3.8) is 0 Å². The molecular weight excluding hydrogens is 429 g/mol. The molecule has 2 aromatic heterocycles. The number of fused-ring (bicyclic) bond motifs is 1. The minimum absolute atomic E-state index is 0.00539. The van der Waals surface area contributed by atoms with E-state index in [2.05, 4.69) is 34.4 Å². The molecule has 1 saturated carbocycles. The van der Waals surface area contributed by atoms with Gasteiger partial charge in [-0.1, -0.05) is 31.5 Å². The van der Waals surface area contributed by atoms with E-state index in [0.29, 0.717) is 28.1 Å². The Morgan fingerprint density at radius 3 is 2.66 bits per heavy atom. The zero-order valence-electron chi connectivity index (χ0n) is 18.9. The quantitative estimate of drug-likeness (QED) is 0.475. The Bertz CT molecular complexity index is 1130. The van der Waals surface area contributed by atoms with Crippen LogP contribution in [0.2, 0.25) is 5.02 Å². The molecule has 1 aromatic carbocycles. The van der Waals surface area contributed by atoms with Crippen LogP contribution in [0.3, 0.4) is 0 Å². The highest BCUT2D eigenvalue weighted by Crippen LogP contribution is 2.35. The molecule has 1 aliphatic rings. The number of amides is 1. The summed E-state index contributed by atoms with van der Waals surface area (Å²) < 4.78 is 16.2. The van der Waals surface area contributed by atoms with Crippen molar-refractivity contribution in [3.8, 4) is 0 Å². The van der Waals surface area contributed by atoms with E-state index in [1.54, 1.807) is 24.4 Å². The van der Waals surface area contributed by atoms with Crippen molar-refractivity contribution >= 4 is 40.3 Å². The number of aromatic nitrogens is 3. The highest BCUT2D eigenvalue weighted by molar-refractivity contribution is 6.33. The predicted molar refractivity (Wildman–Crippen MR) is 126 cm³/mol. The van der Waals surface area contributed by atoms with Gasteiger partial charge in [-0.05, 0) is 63.1 Å². The molecule has 32 heavy (non-hydrogen) atoms. The molecule has 6 nitrogen and oxygen atoms in total. The molecule has 0 unspecified atom stereocenters. The van der Waals surface area contributed by atoms with Crippen molar-refractivity contribution in [1.82, 2.24) is 19.9 Å². The van der Waals surface area contributed by atoms with Crippen LogP contribution in [0.15, 0.2) is 30.5 Å². The fraction of sp³-hybridized carbons (Fsp3) is 0.458. The number of carbonyl (C=O) groups is 1. The van der Waals surface area contributed by atoms with Gasteiger partial charge in [0, 0.05) is 18.3 Å². The Balaban J connectivity index is 1.61. The van der Waals surface area contributed by atoms with E-state index in [4.69, 9.17) is 11.6 Å². The minimum atomic E-state index is -0.469. The first-order chi connectivity index (χ1) is 15.1. The molecule has 8 heteroatoms. The molecule has 2 heterocycles. The van der Waals surface area contributed by atoms with E-state index >= 15 is 0 Å². The van der Waals surface area contributed by atoms with Crippen LogP contribution in [-0.4, -0.2) is 26.5 Å². The van der Waals surface area contributed by atoms with Crippen LogP contribution in [0.25, 0.3) is 11.2 Å². The van der Waals surface area contributed by atoms with E-state index in [1.165, 1.54) is 6.07 Å². The van der Waals surface area contributed by atoms with Gasteiger partial charge < -0.3 is 10.6 Å². The third-order valence-electron chi connectivity index (χ3n) is 6.18.